The third kappa shape index (κ3) is 2.48. The Hall–Kier alpha value is -2.04. The van der Waals surface area contributed by atoms with Gasteiger partial charge in [0, 0.05) is 23.3 Å². The molecule has 21 heavy (non-hydrogen) atoms. The van der Waals surface area contributed by atoms with Crippen molar-refractivity contribution in [3.63, 3.8) is 0 Å². The molecule has 5 heteroatoms. The van der Waals surface area contributed by atoms with Gasteiger partial charge in [-0.1, -0.05) is 29.8 Å². The average molecular weight is 306 g/mol. The minimum Gasteiger partial charge on any atom is -0.384 e. The first-order valence-corrected chi connectivity index (χ1v) is 6.61. The Kier molecular flexibility index (Phi) is 3.57. The van der Waals surface area contributed by atoms with Crippen LogP contribution in [0.1, 0.15) is 17.2 Å². The molecular weight excluding hydrogens is 296 g/mol. The van der Waals surface area contributed by atoms with Crippen LogP contribution in [-0.2, 0) is 0 Å². The molecule has 1 N–H and O–H groups in total. The summed E-state index contributed by atoms with van der Waals surface area (Å²) >= 11 is 5.53. The van der Waals surface area contributed by atoms with Crippen molar-refractivity contribution >= 4 is 22.4 Å². The van der Waals surface area contributed by atoms with E-state index in [0.29, 0.717) is 5.56 Å². The number of benzene rings is 2. The Balaban J connectivity index is 2.17. The molecule has 0 saturated carbocycles. The molecule has 106 valence electrons. The van der Waals surface area contributed by atoms with E-state index in [1.54, 1.807) is 30.6 Å². The van der Waals surface area contributed by atoms with E-state index in [4.69, 9.17) is 11.6 Å². The predicted octanol–water partition coefficient (Wildman–Crippen LogP) is 4.25. The molecule has 0 fully saturated rings. The third-order valence-electron chi connectivity index (χ3n) is 3.34. The van der Waals surface area contributed by atoms with Crippen LogP contribution in [0.2, 0.25) is 5.02 Å². The van der Waals surface area contributed by atoms with Gasteiger partial charge in [0.1, 0.15) is 17.7 Å². The summed E-state index contributed by atoms with van der Waals surface area (Å²) in [7, 11) is 0. The molecule has 1 atom stereocenters. The molecule has 1 heterocycles. The number of pyridine rings is 1. The number of hydrogen-bond donors (Lipinski definition) is 1. The molecule has 0 bridgehead atoms. The smallest absolute Gasteiger partial charge is 0.142 e. The highest BCUT2D eigenvalue weighted by Crippen LogP contribution is 2.31. The molecular formula is C16H10ClF2NO. The van der Waals surface area contributed by atoms with Crippen molar-refractivity contribution in [3.8, 4) is 0 Å². The van der Waals surface area contributed by atoms with Crippen molar-refractivity contribution in [1.82, 2.24) is 4.98 Å². The second kappa shape index (κ2) is 5.39. The van der Waals surface area contributed by atoms with E-state index >= 15 is 0 Å². The van der Waals surface area contributed by atoms with Gasteiger partial charge >= 0.3 is 0 Å². The summed E-state index contributed by atoms with van der Waals surface area (Å²) in [6.45, 7) is 0. The average Bonchev–Trinajstić information content (AvgIpc) is 2.49. The lowest BCUT2D eigenvalue weighted by Crippen LogP contribution is -2.04. The second-order valence-electron chi connectivity index (χ2n) is 4.63. The molecule has 3 rings (SSSR count). The minimum atomic E-state index is -1.29. The van der Waals surface area contributed by atoms with Gasteiger partial charge in [-0.15, -0.1) is 0 Å². The van der Waals surface area contributed by atoms with Crippen LogP contribution in [0.15, 0.2) is 48.8 Å². The van der Waals surface area contributed by atoms with E-state index in [1.807, 2.05) is 6.07 Å². The second-order valence-corrected chi connectivity index (χ2v) is 5.04. The van der Waals surface area contributed by atoms with Crippen molar-refractivity contribution in [2.24, 2.45) is 0 Å². The lowest BCUT2D eigenvalue weighted by Gasteiger charge is -2.15. The quantitative estimate of drug-likeness (QED) is 0.718. The van der Waals surface area contributed by atoms with Gasteiger partial charge in [0.2, 0.25) is 0 Å². The normalized spacial score (nSPS) is 12.6. The molecule has 0 aliphatic heterocycles. The highest BCUT2D eigenvalue weighted by molar-refractivity contribution is 6.30. The van der Waals surface area contributed by atoms with Gasteiger partial charge in [-0.25, -0.2) is 8.78 Å². The molecule has 1 unspecified atom stereocenters. The summed E-state index contributed by atoms with van der Waals surface area (Å²) in [4.78, 5) is 4.00. The molecule has 2 aromatic carbocycles. The van der Waals surface area contributed by atoms with E-state index < -0.39 is 17.7 Å². The Morgan fingerprint density at radius 2 is 1.86 bits per heavy atom. The highest BCUT2D eigenvalue weighted by atomic mass is 35.5. The van der Waals surface area contributed by atoms with Gasteiger partial charge in [-0.3, -0.25) is 4.98 Å². The van der Waals surface area contributed by atoms with E-state index in [1.165, 1.54) is 0 Å². The summed E-state index contributed by atoms with van der Waals surface area (Å²) in [6.07, 6.45) is 1.93. The Morgan fingerprint density at radius 3 is 2.67 bits per heavy atom. The van der Waals surface area contributed by atoms with Crippen LogP contribution < -0.4 is 0 Å². The predicted molar refractivity (Wildman–Crippen MR) is 77.2 cm³/mol. The largest absolute Gasteiger partial charge is 0.384 e. The van der Waals surface area contributed by atoms with Crippen molar-refractivity contribution in [1.29, 1.82) is 0 Å². The van der Waals surface area contributed by atoms with Gasteiger partial charge in [-0.05, 0) is 29.1 Å². The lowest BCUT2D eigenvalue weighted by atomic mass is 9.96. The number of rotatable bonds is 2. The Morgan fingerprint density at radius 1 is 1.05 bits per heavy atom. The van der Waals surface area contributed by atoms with Crippen LogP contribution in [-0.4, -0.2) is 10.1 Å². The maximum absolute atomic E-state index is 13.9. The molecule has 0 amide bonds. The van der Waals surface area contributed by atoms with Gasteiger partial charge in [0.25, 0.3) is 0 Å². The zero-order valence-corrected chi connectivity index (χ0v) is 11.5. The van der Waals surface area contributed by atoms with Gasteiger partial charge in [-0.2, -0.15) is 0 Å². The summed E-state index contributed by atoms with van der Waals surface area (Å²) in [5, 5.41) is 11.6. The topological polar surface area (TPSA) is 33.1 Å². The Labute approximate surface area is 124 Å². The van der Waals surface area contributed by atoms with Crippen molar-refractivity contribution < 1.29 is 13.9 Å². The standard InChI is InChI=1S/C16H10ClF2NO/c17-13-7-14(18)12(6-15(13)19)16(21)11-3-1-2-9-8-20-5-4-10(9)11/h1-8,16,21H. The first kappa shape index (κ1) is 13.9. The molecule has 0 radical (unpaired) electrons. The fourth-order valence-electron chi connectivity index (χ4n) is 2.30. The zero-order chi connectivity index (χ0) is 15.0. The van der Waals surface area contributed by atoms with Crippen LogP contribution >= 0.6 is 11.6 Å². The maximum Gasteiger partial charge on any atom is 0.142 e. The number of aliphatic hydroxyl groups excluding tert-OH is 1. The number of nitrogens with zero attached hydrogens (tertiary/aromatic N) is 1. The summed E-state index contributed by atoms with van der Waals surface area (Å²) in [6, 6.07) is 8.73. The molecule has 3 aromatic rings. The van der Waals surface area contributed by atoms with Crippen LogP contribution in [0.25, 0.3) is 10.8 Å². The molecule has 0 aliphatic rings. The first-order chi connectivity index (χ1) is 10.1. The SMILES string of the molecule is OC(c1cc(F)c(Cl)cc1F)c1cccc2cnccc12. The van der Waals surface area contributed by atoms with Crippen molar-refractivity contribution in [3.05, 3.63) is 76.6 Å². The first-order valence-electron chi connectivity index (χ1n) is 6.23. The summed E-state index contributed by atoms with van der Waals surface area (Å²) in [5.41, 5.74) is 0.330. The van der Waals surface area contributed by atoms with Gasteiger partial charge in [0.05, 0.1) is 5.02 Å². The lowest BCUT2D eigenvalue weighted by molar-refractivity contribution is 0.216. The number of halogens is 3. The van der Waals surface area contributed by atoms with E-state index in [-0.39, 0.29) is 10.6 Å². The number of hydrogen-bond acceptors (Lipinski definition) is 2. The fourth-order valence-corrected chi connectivity index (χ4v) is 2.45. The van der Waals surface area contributed by atoms with Crippen LogP contribution in [0, 0.1) is 11.6 Å². The monoisotopic (exact) mass is 305 g/mol. The number of aliphatic hydroxyl groups is 1. The molecule has 0 aliphatic carbocycles. The number of fused-ring (bicyclic) bond motifs is 1. The molecule has 0 spiro atoms. The van der Waals surface area contributed by atoms with Crippen LogP contribution in [0.3, 0.4) is 0 Å². The van der Waals surface area contributed by atoms with Gasteiger partial charge < -0.3 is 5.11 Å². The molecule has 1 aromatic heterocycles. The highest BCUT2D eigenvalue weighted by Gasteiger charge is 2.19. The molecule has 2 nitrogen and oxygen atoms in total. The summed E-state index contributed by atoms with van der Waals surface area (Å²) < 4.78 is 27.5. The maximum atomic E-state index is 13.9. The third-order valence-corrected chi connectivity index (χ3v) is 3.63. The van der Waals surface area contributed by atoms with E-state index in [2.05, 4.69) is 4.98 Å². The van der Waals surface area contributed by atoms with Gasteiger partial charge in [0.15, 0.2) is 0 Å². The fraction of sp³-hybridized carbons (Fsp3) is 0.0625. The van der Waals surface area contributed by atoms with Crippen molar-refractivity contribution in [2.45, 2.75) is 6.10 Å². The minimum absolute atomic E-state index is 0.152. The van der Waals surface area contributed by atoms with Crippen LogP contribution in [0.4, 0.5) is 8.78 Å². The number of aromatic nitrogens is 1. The van der Waals surface area contributed by atoms with E-state index in [9.17, 15) is 13.9 Å². The van der Waals surface area contributed by atoms with E-state index in [0.717, 1.165) is 22.9 Å². The van der Waals surface area contributed by atoms with Crippen LogP contribution in [0.5, 0.6) is 0 Å². The molecule has 0 saturated heterocycles. The summed E-state index contributed by atoms with van der Waals surface area (Å²) in [5.74, 6) is -1.52. The Bertz CT molecular complexity index is 817. The zero-order valence-electron chi connectivity index (χ0n) is 10.7. The van der Waals surface area contributed by atoms with Crippen molar-refractivity contribution in [2.75, 3.05) is 0 Å².